The molecule has 0 aliphatic rings. The zero-order valence-electron chi connectivity index (χ0n) is 11.2. The Bertz CT molecular complexity index is 741. The Labute approximate surface area is 117 Å². The van der Waals surface area contributed by atoms with E-state index in [0.29, 0.717) is 23.5 Å². The molecular weight excluding hydrogens is 276 g/mol. The van der Waals surface area contributed by atoms with E-state index in [-0.39, 0.29) is 5.03 Å². The van der Waals surface area contributed by atoms with Gasteiger partial charge in [0.15, 0.2) is 5.03 Å². The molecule has 0 saturated heterocycles. The van der Waals surface area contributed by atoms with Crippen LogP contribution in [0.1, 0.15) is 18.3 Å². The molecule has 7 heteroatoms. The summed E-state index contributed by atoms with van der Waals surface area (Å²) in [5.74, 6) is 0.622. The van der Waals surface area contributed by atoms with E-state index in [1.807, 2.05) is 13.0 Å². The van der Waals surface area contributed by atoms with Crippen molar-refractivity contribution < 1.29 is 8.42 Å². The summed E-state index contributed by atoms with van der Waals surface area (Å²) in [4.78, 5) is 6.78. The fourth-order valence-corrected chi connectivity index (χ4v) is 2.81. The van der Waals surface area contributed by atoms with E-state index in [2.05, 4.69) is 9.97 Å². The van der Waals surface area contributed by atoms with Crippen molar-refractivity contribution in [3.8, 4) is 6.07 Å². The molecule has 1 heterocycles. The standard InChI is InChI=1S/C13H14N4O2S/c1-3-12-15-9-13(16-12)20(18,19)17(2)11-6-4-10(8-14)5-7-11/h4-7,9H,3H2,1-2H3,(H,15,16). The van der Waals surface area contributed by atoms with Crippen LogP contribution in [0.5, 0.6) is 0 Å². The second kappa shape index (κ2) is 5.35. The second-order valence-electron chi connectivity index (χ2n) is 4.18. The highest BCUT2D eigenvalue weighted by Gasteiger charge is 2.23. The number of imidazole rings is 1. The zero-order valence-corrected chi connectivity index (χ0v) is 12.0. The van der Waals surface area contributed by atoms with Crippen LogP contribution in [0.4, 0.5) is 5.69 Å². The topological polar surface area (TPSA) is 89.8 Å². The van der Waals surface area contributed by atoms with Gasteiger partial charge in [-0.1, -0.05) is 6.92 Å². The van der Waals surface area contributed by atoms with Gasteiger partial charge in [-0.3, -0.25) is 4.31 Å². The number of sulfonamides is 1. The Balaban J connectivity index is 2.35. The van der Waals surface area contributed by atoms with E-state index in [9.17, 15) is 8.42 Å². The highest BCUT2D eigenvalue weighted by molar-refractivity contribution is 7.92. The molecule has 6 nitrogen and oxygen atoms in total. The molecule has 0 spiro atoms. The third kappa shape index (κ3) is 2.51. The molecule has 0 radical (unpaired) electrons. The SMILES string of the molecule is CCc1ncc(S(=O)(=O)N(C)c2ccc(C#N)cc2)[nH]1. The molecule has 0 bridgehead atoms. The van der Waals surface area contributed by atoms with Crippen LogP contribution >= 0.6 is 0 Å². The lowest BCUT2D eigenvalue weighted by Crippen LogP contribution is -2.26. The smallest absolute Gasteiger partial charge is 0.281 e. The maximum atomic E-state index is 12.4. The number of benzene rings is 1. The van der Waals surface area contributed by atoms with Crippen LogP contribution in [0.15, 0.2) is 35.5 Å². The fourth-order valence-electron chi connectivity index (χ4n) is 1.69. The summed E-state index contributed by atoms with van der Waals surface area (Å²) in [6.07, 6.45) is 1.95. The molecule has 0 amide bonds. The van der Waals surface area contributed by atoms with E-state index in [0.717, 1.165) is 4.31 Å². The number of H-pyrrole nitrogens is 1. The molecule has 0 aliphatic carbocycles. The van der Waals surface area contributed by atoms with Gasteiger partial charge in [0.2, 0.25) is 0 Å². The second-order valence-corrected chi connectivity index (χ2v) is 6.12. The monoisotopic (exact) mass is 290 g/mol. The van der Waals surface area contributed by atoms with Gasteiger partial charge in [-0.05, 0) is 24.3 Å². The average molecular weight is 290 g/mol. The summed E-state index contributed by atoms with van der Waals surface area (Å²) in [6, 6.07) is 8.32. The van der Waals surface area contributed by atoms with E-state index in [4.69, 9.17) is 5.26 Å². The third-order valence-electron chi connectivity index (χ3n) is 2.94. The van der Waals surface area contributed by atoms with Crippen molar-refractivity contribution in [3.05, 3.63) is 41.9 Å². The predicted molar refractivity (Wildman–Crippen MR) is 74.7 cm³/mol. The number of aromatic amines is 1. The first kappa shape index (κ1) is 14.1. The summed E-state index contributed by atoms with van der Waals surface area (Å²) in [5.41, 5.74) is 0.964. The molecule has 20 heavy (non-hydrogen) atoms. The Morgan fingerprint density at radius 2 is 2.00 bits per heavy atom. The highest BCUT2D eigenvalue weighted by Crippen LogP contribution is 2.21. The van der Waals surface area contributed by atoms with Gasteiger partial charge in [0.25, 0.3) is 10.0 Å². The normalized spacial score (nSPS) is 11.1. The molecule has 0 atom stereocenters. The predicted octanol–water partition coefficient (Wildman–Crippen LogP) is 1.67. The van der Waals surface area contributed by atoms with Crippen molar-refractivity contribution in [2.45, 2.75) is 18.4 Å². The van der Waals surface area contributed by atoms with Gasteiger partial charge in [-0.25, -0.2) is 4.98 Å². The van der Waals surface area contributed by atoms with E-state index in [1.54, 1.807) is 24.3 Å². The summed E-state index contributed by atoms with van der Waals surface area (Å²) < 4.78 is 26.0. The number of hydrogen-bond donors (Lipinski definition) is 1. The molecule has 1 aromatic heterocycles. The Morgan fingerprint density at radius 1 is 1.35 bits per heavy atom. The van der Waals surface area contributed by atoms with Gasteiger partial charge in [-0.2, -0.15) is 13.7 Å². The number of nitriles is 1. The van der Waals surface area contributed by atoms with Crippen molar-refractivity contribution in [3.63, 3.8) is 0 Å². The molecular formula is C13H14N4O2S. The molecule has 1 aromatic carbocycles. The maximum absolute atomic E-state index is 12.4. The Kier molecular flexibility index (Phi) is 3.77. The van der Waals surface area contributed by atoms with Gasteiger partial charge < -0.3 is 4.98 Å². The summed E-state index contributed by atoms with van der Waals surface area (Å²) in [6.45, 7) is 1.89. The van der Waals surface area contributed by atoms with Crippen LogP contribution in [-0.4, -0.2) is 25.4 Å². The summed E-state index contributed by atoms with van der Waals surface area (Å²) >= 11 is 0. The first-order valence-electron chi connectivity index (χ1n) is 6.02. The minimum absolute atomic E-state index is 0.0567. The number of aromatic nitrogens is 2. The fraction of sp³-hybridized carbons (Fsp3) is 0.231. The number of nitrogens with one attached hydrogen (secondary N) is 1. The van der Waals surface area contributed by atoms with Crippen LogP contribution < -0.4 is 4.31 Å². The molecule has 0 saturated carbocycles. The van der Waals surface area contributed by atoms with Crippen molar-refractivity contribution in [2.75, 3.05) is 11.4 Å². The Hall–Kier alpha value is -2.33. The highest BCUT2D eigenvalue weighted by atomic mass is 32.2. The lowest BCUT2D eigenvalue weighted by molar-refractivity contribution is 0.591. The summed E-state index contributed by atoms with van der Waals surface area (Å²) in [5, 5.41) is 8.80. The lowest BCUT2D eigenvalue weighted by Gasteiger charge is -2.18. The first-order valence-corrected chi connectivity index (χ1v) is 7.46. The van der Waals surface area contributed by atoms with Gasteiger partial charge in [0.1, 0.15) is 5.82 Å². The molecule has 2 rings (SSSR count). The summed E-state index contributed by atoms with van der Waals surface area (Å²) in [7, 11) is -2.21. The largest absolute Gasteiger partial charge is 0.332 e. The van der Waals surface area contributed by atoms with E-state index < -0.39 is 10.0 Å². The van der Waals surface area contributed by atoms with Gasteiger partial charge >= 0.3 is 0 Å². The van der Waals surface area contributed by atoms with Crippen LogP contribution in [0, 0.1) is 11.3 Å². The number of anilines is 1. The van der Waals surface area contributed by atoms with Gasteiger partial charge in [-0.15, -0.1) is 0 Å². The molecule has 104 valence electrons. The third-order valence-corrected chi connectivity index (χ3v) is 4.63. The van der Waals surface area contributed by atoms with Crippen molar-refractivity contribution in [1.82, 2.24) is 9.97 Å². The van der Waals surface area contributed by atoms with E-state index >= 15 is 0 Å². The molecule has 2 aromatic rings. The van der Waals surface area contributed by atoms with Gasteiger partial charge in [0.05, 0.1) is 23.5 Å². The number of rotatable bonds is 4. The lowest BCUT2D eigenvalue weighted by atomic mass is 10.2. The minimum atomic E-state index is -3.67. The van der Waals surface area contributed by atoms with Crippen molar-refractivity contribution >= 4 is 15.7 Å². The van der Waals surface area contributed by atoms with Crippen LogP contribution in [0.25, 0.3) is 0 Å². The first-order chi connectivity index (χ1) is 9.48. The number of aryl methyl sites for hydroxylation is 1. The molecule has 1 N–H and O–H groups in total. The molecule has 0 aliphatic heterocycles. The Morgan fingerprint density at radius 3 is 2.50 bits per heavy atom. The number of hydrogen-bond acceptors (Lipinski definition) is 4. The number of nitrogens with zero attached hydrogens (tertiary/aromatic N) is 3. The average Bonchev–Trinajstić information content (AvgIpc) is 2.96. The minimum Gasteiger partial charge on any atom is -0.332 e. The van der Waals surface area contributed by atoms with Crippen LogP contribution in [0.2, 0.25) is 0 Å². The van der Waals surface area contributed by atoms with Crippen LogP contribution in [-0.2, 0) is 16.4 Å². The zero-order chi connectivity index (χ0) is 14.8. The van der Waals surface area contributed by atoms with E-state index in [1.165, 1.54) is 13.2 Å². The van der Waals surface area contributed by atoms with Crippen molar-refractivity contribution in [2.24, 2.45) is 0 Å². The maximum Gasteiger partial charge on any atom is 0.281 e. The van der Waals surface area contributed by atoms with Crippen molar-refractivity contribution in [1.29, 1.82) is 5.26 Å². The quantitative estimate of drug-likeness (QED) is 0.927. The molecule has 0 unspecified atom stereocenters. The van der Waals surface area contributed by atoms with Crippen LogP contribution in [0.3, 0.4) is 0 Å². The molecule has 0 fully saturated rings. The van der Waals surface area contributed by atoms with Gasteiger partial charge in [0, 0.05) is 13.5 Å².